The van der Waals surface area contributed by atoms with Gasteiger partial charge in [0.15, 0.2) is 0 Å². The van der Waals surface area contributed by atoms with Crippen LogP contribution in [-0.2, 0) is 0 Å². The van der Waals surface area contributed by atoms with E-state index in [1.165, 1.54) is 32.2 Å². The normalized spacial score (nSPS) is 20.3. The number of ether oxygens (including phenoxy) is 1. The molecule has 1 aliphatic heterocycles. The van der Waals surface area contributed by atoms with Crippen molar-refractivity contribution in [3.8, 4) is 5.75 Å². The van der Waals surface area contributed by atoms with E-state index in [9.17, 15) is 0 Å². The van der Waals surface area contributed by atoms with Crippen LogP contribution in [0.5, 0.6) is 5.75 Å². The molecule has 1 N–H and O–H groups in total. The van der Waals surface area contributed by atoms with E-state index >= 15 is 0 Å². The molecule has 1 aliphatic rings. The minimum Gasteiger partial charge on any atom is -0.496 e. The van der Waals surface area contributed by atoms with E-state index in [0.29, 0.717) is 0 Å². The van der Waals surface area contributed by atoms with Gasteiger partial charge in [-0.15, -0.1) is 0 Å². The molecule has 1 atom stereocenters. The van der Waals surface area contributed by atoms with Crippen molar-refractivity contribution in [3.05, 3.63) is 22.7 Å². The zero-order chi connectivity index (χ0) is 13.7. The van der Waals surface area contributed by atoms with Crippen LogP contribution in [0.3, 0.4) is 0 Å². The van der Waals surface area contributed by atoms with Gasteiger partial charge in [0.2, 0.25) is 0 Å². The van der Waals surface area contributed by atoms with Crippen molar-refractivity contribution in [2.45, 2.75) is 31.7 Å². The Balaban J connectivity index is 1.80. The predicted molar refractivity (Wildman–Crippen MR) is 84.1 cm³/mol. The summed E-state index contributed by atoms with van der Waals surface area (Å²) in [5.74, 6) is 0.873. The Bertz CT molecular complexity index is 411. The molecule has 19 heavy (non-hydrogen) atoms. The average Bonchev–Trinajstić information content (AvgIpc) is 2.41. The van der Waals surface area contributed by atoms with Gasteiger partial charge in [-0.3, -0.25) is 0 Å². The Kier molecular flexibility index (Phi) is 5.52. The molecule has 4 heteroatoms. The monoisotopic (exact) mass is 326 g/mol. The molecule has 1 fully saturated rings. The van der Waals surface area contributed by atoms with Crippen LogP contribution in [0.15, 0.2) is 22.7 Å². The first-order valence-corrected chi connectivity index (χ1v) is 7.77. The second-order valence-corrected chi connectivity index (χ2v) is 6.05. The van der Waals surface area contributed by atoms with E-state index in [0.717, 1.165) is 28.5 Å². The summed E-state index contributed by atoms with van der Waals surface area (Å²) in [5, 5.41) is 3.49. The van der Waals surface area contributed by atoms with E-state index in [2.05, 4.69) is 45.3 Å². The summed E-state index contributed by atoms with van der Waals surface area (Å²) in [4.78, 5) is 2.50. The summed E-state index contributed by atoms with van der Waals surface area (Å²) in [6.45, 7) is 2.27. The fourth-order valence-corrected chi connectivity index (χ4v) is 3.21. The zero-order valence-electron chi connectivity index (χ0n) is 11.8. The quantitative estimate of drug-likeness (QED) is 0.891. The summed E-state index contributed by atoms with van der Waals surface area (Å²) < 4.78 is 6.23. The van der Waals surface area contributed by atoms with E-state index in [-0.39, 0.29) is 0 Å². The molecule has 3 nitrogen and oxygen atoms in total. The average molecular weight is 327 g/mol. The summed E-state index contributed by atoms with van der Waals surface area (Å²) in [6.07, 6.45) is 5.28. The highest BCUT2D eigenvalue weighted by Gasteiger charge is 2.17. The number of anilines is 1. The maximum Gasteiger partial charge on any atom is 0.133 e. The zero-order valence-corrected chi connectivity index (χ0v) is 13.4. The first kappa shape index (κ1) is 14.7. The smallest absolute Gasteiger partial charge is 0.133 e. The number of piperidine rings is 1. The number of nitrogens with zero attached hydrogens (tertiary/aromatic N) is 1. The number of halogens is 1. The van der Waals surface area contributed by atoms with Gasteiger partial charge in [-0.2, -0.15) is 0 Å². The maximum absolute atomic E-state index is 5.23. The third kappa shape index (κ3) is 4.11. The molecule has 1 aromatic carbocycles. The van der Waals surface area contributed by atoms with Crippen LogP contribution in [0.25, 0.3) is 0 Å². The van der Waals surface area contributed by atoms with Gasteiger partial charge < -0.3 is 15.0 Å². The molecule has 0 aliphatic carbocycles. The molecular formula is C15H23BrN2O. The lowest BCUT2D eigenvalue weighted by atomic mass is 10.0. The lowest BCUT2D eigenvalue weighted by Crippen LogP contribution is -2.37. The highest BCUT2D eigenvalue weighted by atomic mass is 79.9. The Labute approximate surface area is 124 Å². The Morgan fingerprint density at radius 3 is 2.95 bits per heavy atom. The van der Waals surface area contributed by atoms with Crippen LogP contribution in [-0.4, -0.2) is 38.2 Å². The van der Waals surface area contributed by atoms with Gasteiger partial charge in [0, 0.05) is 18.3 Å². The second-order valence-electron chi connectivity index (χ2n) is 5.19. The molecule has 0 aromatic heterocycles. The Morgan fingerprint density at radius 1 is 1.42 bits per heavy atom. The van der Waals surface area contributed by atoms with Crippen molar-refractivity contribution in [1.82, 2.24) is 4.90 Å². The fourth-order valence-electron chi connectivity index (χ4n) is 2.67. The molecule has 0 radical (unpaired) electrons. The van der Waals surface area contributed by atoms with Gasteiger partial charge in [-0.25, -0.2) is 0 Å². The lowest BCUT2D eigenvalue weighted by Gasteiger charge is -2.32. The molecule has 0 spiro atoms. The van der Waals surface area contributed by atoms with E-state index in [1.54, 1.807) is 7.11 Å². The predicted octanol–water partition coefficient (Wildman–Crippen LogP) is 3.74. The lowest BCUT2D eigenvalue weighted by molar-refractivity contribution is 0.179. The largest absolute Gasteiger partial charge is 0.496 e. The molecule has 0 bridgehead atoms. The topological polar surface area (TPSA) is 24.5 Å². The minimum absolute atomic E-state index is 0.739. The van der Waals surface area contributed by atoms with E-state index in [4.69, 9.17) is 4.74 Å². The minimum atomic E-state index is 0.739. The molecular weight excluding hydrogens is 304 g/mol. The number of hydrogen-bond acceptors (Lipinski definition) is 3. The molecule has 2 rings (SSSR count). The van der Waals surface area contributed by atoms with Crippen LogP contribution >= 0.6 is 15.9 Å². The van der Waals surface area contributed by atoms with Crippen LogP contribution in [0.1, 0.15) is 25.7 Å². The van der Waals surface area contributed by atoms with Gasteiger partial charge in [0.05, 0.1) is 11.6 Å². The highest BCUT2D eigenvalue weighted by molar-refractivity contribution is 9.10. The van der Waals surface area contributed by atoms with Crippen molar-refractivity contribution >= 4 is 21.6 Å². The molecule has 0 amide bonds. The highest BCUT2D eigenvalue weighted by Crippen LogP contribution is 2.27. The molecule has 1 unspecified atom stereocenters. The first-order valence-electron chi connectivity index (χ1n) is 6.98. The third-order valence-electron chi connectivity index (χ3n) is 3.88. The summed E-state index contributed by atoms with van der Waals surface area (Å²) in [7, 11) is 3.93. The number of methoxy groups -OCH3 is 1. The number of rotatable bonds is 5. The molecule has 0 saturated carbocycles. The standard InChI is InChI=1S/C15H23BrN2O/c1-18-10-4-3-5-13(18)8-9-17-12-6-7-15(19-2)14(16)11-12/h6-7,11,13,17H,3-5,8-10H2,1-2H3. The van der Waals surface area contributed by atoms with Crippen molar-refractivity contribution in [2.75, 3.05) is 32.6 Å². The summed E-state index contributed by atoms with van der Waals surface area (Å²) in [5.41, 5.74) is 1.14. The van der Waals surface area contributed by atoms with Crippen molar-refractivity contribution in [1.29, 1.82) is 0 Å². The SMILES string of the molecule is COc1ccc(NCCC2CCCCN2C)cc1Br. The second kappa shape index (κ2) is 7.15. The number of benzene rings is 1. The molecule has 1 heterocycles. The molecule has 1 aromatic rings. The van der Waals surface area contributed by atoms with Crippen molar-refractivity contribution in [2.24, 2.45) is 0 Å². The first-order chi connectivity index (χ1) is 9.20. The van der Waals surface area contributed by atoms with Crippen molar-refractivity contribution < 1.29 is 4.74 Å². The number of likely N-dealkylation sites (tertiary alicyclic amines) is 1. The van der Waals surface area contributed by atoms with Crippen LogP contribution in [0, 0.1) is 0 Å². The Hall–Kier alpha value is -0.740. The summed E-state index contributed by atoms with van der Waals surface area (Å²) in [6, 6.07) is 6.86. The van der Waals surface area contributed by atoms with Gasteiger partial charge in [0.1, 0.15) is 5.75 Å². The van der Waals surface area contributed by atoms with E-state index in [1.807, 2.05) is 6.07 Å². The van der Waals surface area contributed by atoms with Gasteiger partial charge in [0.25, 0.3) is 0 Å². The van der Waals surface area contributed by atoms with Gasteiger partial charge in [-0.1, -0.05) is 6.42 Å². The third-order valence-corrected chi connectivity index (χ3v) is 4.50. The number of hydrogen-bond donors (Lipinski definition) is 1. The number of nitrogens with one attached hydrogen (secondary N) is 1. The molecule has 1 saturated heterocycles. The molecule has 106 valence electrons. The van der Waals surface area contributed by atoms with Crippen molar-refractivity contribution in [3.63, 3.8) is 0 Å². The maximum atomic E-state index is 5.23. The van der Waals surface area contributed by atoms with Gasteiger partial charge >= 0.3 is 0 Å². The fraction of sp³-hybridized carbons (Fsp3) is 0.600. The van der Waals surface area contributed by atoms with Crippen LogP contribution < -0.4 is 10.1 Å². The Morgan fingerprint density at radius 2 is 2.26 bits per heavy atom. The van der Waals surface area contributed by atoms with E-state index < -0.39 is 0 Å². The summed E-state index contributed by atoms with van der Waals surface area (Å²) >= 11 is 3.51. The van der Waals surface area contributed by atoms with Crippen LogP contribution in [0.4, 0.5) is 5.69 Å². The van der Waals surface area contributed by atoms with Crippen LogP contribution in [0.2, 0.25) is 0 Å². The van der Waals surface area contributed by atoms with Gasteiger partial charge in [-0.05, 0) is 67.0 Å².